The van der Waals surface area contributed by atoms with Gasteiger partial charge in [0.2, 0.25) is 5.91 Å². The summed E-state index contributed by atoms with van der Waals surface area (Å²) in [5.74, 6) is 0.514. The zero-order chi connectivity index (χ0) is 11.8. The van der Waals surface area contributed by atoms with Gasteiger partial charge in [-0.1, -0.05) is 26.2 Å². The van der Waals surface area contributed by atoms with Crippen LogP contribution in [0.4, 0.5) is 0 Å². The molecule has 1 aliphatic rings. The maximum atomic E-state index is 11.9. The van der Waals surface area contributed by atoms with Crippen molar-refractivity contribution in [2.45, 2.75) is 58.4 Å². The molecule has 0 spiro atoms. The van der Waals surface area contributed by atoms with E-state index in [1.807, 2.05) is 0 Å². The predicted molar refractivity (Wildman–Crippen MR) is 67.3 cm³/mol. The van der Waals surface area contributed by atoms with Gasteiger partial charge in [-0.25, -0.2) is 0 Å². The Labute approximate surface area is 99.4 Å². The molecule has 94 valence electrons. The van der Waals surface area contributed by atoms with Crippen molar-refractivity contribution < 1.29 is 4.79 Å². The van der Waals surface area contributed by atoms with Crippen LogP contribution in [0.3, 0.4) is 0 Å². The second-order valence-corrected chi connectivity index (χ2v) is 4.93. The smallest absolute Gasteiger partial charge is 0.223 e. The lowest BCUT2D eigenvalue weighted by Crippen LogP contribution is -2.41. The maximum Gasteiger partial charge on any atom is 0.223 e. The van der Waals surface area contributed by atoms with Crippen LogP contribution < -0.4 is 10.6 Å². The number of piperidine rings is 1. The Balaban J connectivity index is 2.16. The minimum absolute atomic E-state index is 0.245. The van der Waals surface area contributed by atoms with Crippen molar-refractivity contribution >= 4 is 5.91 Å². The lowest BCUT2D eigenvalue weighted by Gasteiger charge is -2.24. The third-order valence-electron chi connectivity index (χ3n) is 3.34. The van der Waals surface area contributed by atoms with Gasteiger partial charge < -0.3 is 10.6 Å². The van der Waals surface area contributed by atoms with Crippen LogP contribution in [-0.2, 0) is 4.79 Å². The molecule has 16 heavy (non-hydrogen) atoms. The Bertz CT molecular complexity index is 200. The molecular weight excluding hydrogens is 200 g/mol. The largest absolute Gasteiger partial charge is 0.353 e. The molecule has 0 aliphatic carbocycles. The van der Waals surface area contributed by atoms with Crippen molar-refractivity contribution in [1.29, 1.82) is 0 Å². The molecule has 0 aromatic carbocycles. The molecule has 2 N–H and O–H groups in total. The zero-order valence-electron chi connectivity index (χ0n) is 10.7. The number of hydrogen-bond donors (Lipinski definition) is 2. The van der Waals surface area contributed by atoms with E-state index < -0.39 is 0 Å². The van der Waals surface area contributed by atoms with Gasteiger partial charge in [-0.05, 0) is 39.3 Å². The molecule has 1 fully saturated rings. The summed E-state index contributed by atoms with van der Waals surface area (Å²) < 4.78 is 0. The highest BCUT2D eigenvalue weighted by Gasteiger charge is 2.21. The van der Waals surface area contributed by atoms with E-state index >= 15 is 0 Å². The van der Waals surface area contributed by atoms with Crippen molar-refractivity contribution in [3.05, 3.63) is 0 Å². The maximum absolute atomic E-state index is 11.9. The molecule has 1 amide bonds. The molecule has 0 aromatic rings. The first kappa shape index (κ1) is 13.5. The van der Waals surface area contributed by atoms with Gasteiger partial charge in [-0.15, -0.1) is 0 Å². The number of carbonyl (C=O) groups is 1. The fourth-order valence-electron chi connectivity index (χ4n) is 2.22. The molecule has 1 rings (SSSR count). The van der Waals surface area contributed by atoms with E-state index in [9.17, 15) is 4.79 Å². The number of unbranched alkanes of at least 4 members (excludes halogenated alkanes) is 2. The van der Waals surface area contributed by atoms with Gasteiger partial charge in [0.05, 0.1) is 0 Å². The summed E-state index contributed by atoms with van der Waals surface area (Å²) in [5.41, 5.74) is 0. The monoisotopic (exact) mass is 226 g/mol. The predicted octanol–water partition coefficient (Wildman–Crippen LogP) is 2.07. The molecule has 3 heteroatoms. The van der Waals surface area contributed by atoms with E-state index in [0.29, 0.717) is 6.04 Å². The minimum Gasteiger partial charge on any atom is -0.353 e. The molecule has 0 bridgehead atoms. The number of hydrogen-bond acceptors (Lipinski definition) is 2. The lowest BCUT2D eigenvalue weighted by molar-refractivity contribution is -0.126. The van der Waals surface area contributed by atoms with Crippen LogP contribution in [0.15, 0.2) is 0 Å². The van der Waals surface area contributed by atoms with Crippen LogP contribution >= 0.6 is 0 Å². The molecule has 1 atom stereocenters. The number of rotatable bonds is 6. The Kier molecular flexibility index (Phi) is 6.46. The Morgan fingerprint density at radius 3 is 2.69 bits per heavy atom. The van der Waals surface area contributed by atoms with Gasteiger partial charge >= 0.3 is 0 Å². The highest BCUT2D eigenvalue weighted by Crippen LogP contribution is 2.12. The number of nitrogens with one attached hydrogen (secondary N) is 2. The average molecular weight is 226 g/mol. The molecule has 0 radical (unpaired) electrons. The summed E-state index contributed by atoms with van der Waals surface area (Å²) in [5, 5.41) is 6.43. The van der Waals surface area contributed by atoms with E-state index in [1.165, 1.54) is 19.3 Å². The van der Waals surface area contributed by atoms with Gasteiger partial charge in [-0.3, -0.25) is 4.79 Å². The summed E-state index contributed by atoms with van der Waals surface area (Å²) in [6.45, 7) is 6.30. The normalized spacial score (nSPS) is 19.4. The first-order chi connectivity index (χ1) is 7.74. The highest BCUT2D eigenvalue weighted by atomic mass is 16.1. The van der Waals surface area contributed by atoms with Crippen LogP contribution in [0.5, 0.6) is 0 Å². The van der Waals surface area contributed by atoms with E-state index in [4.69, 9.17) is 0 Å². The van der Waals surface area contributed by atoms with Gasteiger partial charge in [0, 0.05) is 12.0 Å². The topological polar surface area (TPSA) is 41.1 Å². The van der Waals surface area contributed by atoms with E-state index in [0.717, 1.165) is 32.4 Å². The van der Waals surface area contributed by atoms with Gasteiger partial charge in [0.25, 0.3) is 0 Å². The zero-order valence-corrected chi connectivity index (χ0v) is 10.7. The Hall–Kier alpha value is -0.570. The summed E-state index contributed by atoms with van der Waals surface area (Å²) in [7, 11) is 0. The quantitative estimate of drug-likeness (QED) is 0.681. The molecule has 0 aromatic heterocycles. The summed E-state index contributed by atoms with van der Waals surface area (Å²) in [6.07, 6.45) is 6.85. The third-order valence-corrected chi connectivity index (χ3v) is 3.34. The molecule has 1 saturated heterocycles. The van der Waals surface area contributed by atoms with Crippen LogP contribution in [0.25, 0.3) is 0 Å². The first-order valence-electron chi connectivity index (χ1n) is 6.75. The van der Waals surface area contributed by atoms with Crippen molar-refractivity contribution in [3.8, 4) is 0 Å². The summed E-state index contributed by atoms with van der Waals surface area (Å²) in [6, 6.07) is 0.342. The van der Waals surface area contributed by atoms with Crippen LogP contribution in [0.1, 0.15) is 52.4 Å². The SMILES string of the molecule is CCCCCC(C)NC(=O)C1CCNCC1. The van der Waals surface area contributed by atoms with Crippen molar-refractivity contribution in [3.63, 3.8) is 0 Å². The number of carbonyl (C=O) groups excluding carboxylic acids is 1. The van der Waals surface area contributed by atoms with E-state index in [1.54, 1.807) is 0 Å². The highest BCUT2D eigenvalue weighted by molar-refractivity contribution is 5.79. The summed E-state index contributed by atoms with van der Waals surface area (Å²) in [4.78, 5) is 11.9. The van der Waals surface area contributed by atoms with E-state index in [-0.39, 0.29) is 11.8 Å². The van der Waals surface area contributed by atoms with Crippen molar-refractivity contribution in [2.75, 3.05) is 13.1 Å². The Morgan fingerprint density at radius 1 is 1.38 bits per heavy atom. The van der Waals surface area contributed by atoms with Crippen LogP contribution in [0.2, 0.25) is 0 Å². The first-order valence-corrected chi connectivity index (χ1v) is 6.75. The third kappa shape index (κ3) is 4.97. The van der Waals surface area contributed by atoms with Crippen LogP contribution in [0, 0.1) is 5.92 Å². The lowest BCUT2D eigenvalue weighted by atomic mass is 9.96. The average Bonchev–Trinajstić information content (AvgIpc) is 2.30. The fraction of sp³-hybridized carbons (Fsp3) is 0.923. The van der Waals surface area contributed by atoms with Crippen LogP contribution in [-0.4, -0.2) is 25.0 Å². The number of amides is 1. The summed E-state index contributed by atoms with van der Waals surface area (Å²) >= 11 is 0. The van der Waals surface area contributed by atoms with Gasteiger partial charge in [-0.2, -0.15) is 0 Å². The molecule has 3 nitrogen and oxygen atoms in total. The molecule has 1 heterocycles. The Morgan fingerprint density at radius 2 is 2.06 bits per heavy atom. The molecule has 0 saturated carbocycles. The molecular formula is C13H26N2O. The van der Waals surface area contributed by atoms with Gasteiger partial charge in [0.15, 0.2) is 0 Å². The minimum atomic E-state index is 0.245. The standard InChI is InChI=1S/C13H26N2O/c1-3-4-5-6-11(2)15-13(16)12-7-9-14-10-8-12/h11-12,14H,3-10H2,1-2H3,(H,15,16). The van der Waals surface area contributed by atoms with Gasteiger partial charge in [0.1, 0.15) is 0 Å². The van der Waals surface area contributed by atoms with Crippen molar-refractivity contribution in [2.24, 2.45) is 5.92 Å². The molecule has 1 unspecified atom stereocenters. The molecule has 1 aliphatic heterocycles. The van der Waals surface area contributed by atoms with E-state index in [2.05, 4.69) is 24.5 Å². The second-order valence-electron chi connectivity index (χ2n) is 4.93. The van der Waals surface area contributed by atoms with Crippen molar-refractivity contribution in [1.82, 2.24) is 10.6 Å². The fourth-order valence-corrected chi connectivity index (χ4v) is 2.22. The second kappa shape index (κ2) is 7.66.